The Kier molecular flexibility index (Phi) is 2.09. The highest BCUT2D eigenvalue weighted by Gasteiger charge is 2.08. The summed E-state index contributed by atoms with van der Waals surface area (Å²) in [7, 11) is 0. The summed E-state index contributed by atoms with van der Waals surface area (Å²) in [5, 5.41) is 8.49. The molecule has 1 atom stereocenters. The maximum absolute atomic E-state index is 8.49. The van der Waals surface area contributed by atoms with Crippen molar-refractivity contribution in [2.45, 2.75) is 19.4 Å². The third-order valence-corrected chi connectivity index (χ3v) is 1.69. The smallest absolute Gasteiger partial charge is 0.0562 e. The maximum atomic E-state index is 8.49. The van der Waals surface area contributed by atoms with Crippen LogP contribution in [-0.2, 0) is 0 Å². The van der Waals surface area contributed by atoms with Gasteiger partial charge >= 0.3 is 0 Å². The molecule has 0 aliphatic heterocycles. The minimum absolute atomic E-state index is 0.122. The number of hydroxylamine groups is 1. The fraction of sp³-hybridized carbons (Fsp3) is 0.429. The van der Waals surface area contributed by atoms with Crippen LogP contribution in [0, 0.1) is 0 Å². The minimum atomic E-state index is 0.122. The van der Waals surface area contributed by atoms with E-state index in [2.05, 4.69) is 5.48 Å². The average molecular weight is 140 g/mol. The Bertz CT molecular complexity index is 184. The molecule has 0 aromatic carbocycles. The van der Waals surface area contributed by atoms with Crippen LogP contribution in [0.1, 0.15) is 13.3 Å². The lowest BCUT2D eigenvalue weighted by Crippen LogP contribution is -2.24. The molecule has 1 unspecified atom stereocenters. The van der Waals surface area contributed by atoms with Crippen LogP contribution in [0.5, 0.6) is 0 Å². The SMILES string of the molecule is CC1=CC(NO)=CCC1N. The number of nitrogens with one attached hydrogen (secondary N) is 1. The zero-order chi connectivity index (χ0) is 7.56. The quantitative estimate of drug-likeness (QED) is 0.465. The molecule has 0 aromatic rings. The summed E-state index contributed by atoms with van der Waals surface area (Å²) in [6.45, 7) is 1.95. The number of rotatable bonds is 1. The van der Waals surface area contributed by atoms with Crippen molar-refractivity contribution < 1.29 is 5.21 Å². The summed E-state index contributed by atoms with van der Waals surface area (Å²) in [6.07, 6.45) is 4.51. The molecule has 56 valence electrons. The third-order valence-electron chi connectivity index (χ3n) is 1.69. The molecular weight excluding hydrogens is 128 g/mol. The Labute approximate surface area is 60.2 Å². The summed E-state index contributed by atoms with van der Waals surface area (Å²) in [4.78, 5) is 0. The molecule has 0 aromatic heterocycles. The van der Waals surface area contributed by atoms with Crippen LogP contribution < -0.4 is 11.2 Å². The molecule has 0 radical (unpaired) electrons. The topological polar surface area (TPSA) is 58.3 Å². The zero-order valence-electron chi connectivity index (χ0n) is 5.96. The van der Waals surface area contributed by atoms with E-state index in [1.54, 1.807) is 0 Å². The van der Waals surface area contributed by atoms with E-state index in [-0.39, 0.29) is 6.04 Å². The first-order valence-corrected chi connectivity index (χ1v) is 3.28. The second-order valence-electron chi connectivity index (χ2n) is 2.50. The van der Waals surface area contributed by atoms with Crippen molar-refractivity contribution in [1.82, 2.24) is 5.48 Å². The van der Waals surface area contributed by atoms with Crippen LogP contribution in [0.4, 0.5) is 0 Å². The number of nitrogens with two attached hydrogens (primary N) is 1. The fourth-order valence-electron chi connectivity index (χ4n) is 0.929. The van der Waals surface area contributed by atoms with Gasteiger partial charge in [0.2, 0.25) is 0 Å². The van der Waals surface area contributed by atoms with E-state index in [4.69, 9.17) is 10.9 Å². The molecule has 0 amide bonds. The third kappa shape index (κ3) is 1.37. The normalized spacial score (nSPS) is 25.3. The van der Waals surface area contributed by atoms with Crippen LogP contribution in [0.2, 0.25) is 0 Å². The second-order valence-corrected chi connectivity index (χ2v) is 2.50. The van der Waals surface area contributed by atoms with Gasteiger partial charge in [-0.3, -0.25) is 10.7 Å². The zero-order valence-corrected chi connectivity index (χ0v) is 5.96. The highest BCUT2D eigenvalue weighted by Crippen LogP contribution is 2.13. The maximum Gasteiger partial charge on any atom is 0.0562 e. The van der Waals surface area contributed by atoms with Gasteiger partial charge < -0.3 is 5.73 Å². The Hall–Kier alpha value is -0.800. The van der Waals surface area contributed by atoms with Crippen LogP contribution in [0.3, 0.4) is 0 Å². The number of hydrogen-bond donors (Lipinski definition) is 3. The molecule has 0 fully saturated rings. The van der Waals surface area contributed by atoms with Gasteiger partial charge in [-0.1, -0.05) is 11.6 Å². The average Bonchev–Trinajstić information content (AvgIpc) is 1.95. The highest BCUT2D eigenvalue weighted by molar-refractivity contribution is 5.28. The van der Waals surface area contributed by atoms with Crippen molar-refractivity contribution in [1.29, 1.82) is 0 Å². The van der Waals surface area contributed by atoms with Crippen LogP contribution in [0.25, 0.3) is 0 Å². The van der Waals surface area contributed by atoms with Crippen molar-refractivity contribution in [3.63, 3.8) is 0 Å². The van der Waals surface area contributed by atoms with E-state index in [1.165, 1.54) is 0 Å². The molecule has 0 saturated carbocycles. The standard InChI is InChI=1S/C7H12N2O/c1-5-4-6(9-10)2-3-7(5)8/h2,4,7,9-10H,3,8H2,1H3. The lowest BCUT2D eigenvalue weighted by Gasteiger charge is -2.15. The lowest BCUT2D eigenvalue weighted by atomic mass is 10.00. The predicted molar refractivity (Wildman–Crippen MR) is 39.4 cm³/mol. The molecule has 0 spiro atoms. The first-order chi connectivity index (χ1) is 4.74. The molecule has 4 N–H and O–H groups in total. The minimum Gasteiger partial charge on any atom is -0.324 e. The Morgan fingerprint density at radius 1 is 1.80 bits per heavy atom. The van der Waals surface area contributed by atoms with Gasteiger partial charge in [-0.05, 0) is 19.4 Å². The van der Waals surface area contributed by atoms with Gasteiger partial charge in [0.25, 0.3) is 0 Å². The van der Waals surface area contributed by atoms with Gasteiger partial charge in [-0.25, -0.2) is 0 Å². The summed E-state index contributed by atoms with van der Waals surface area (Å²) >= 11 is 0. The molecule has 0 heterocycles. The van der Waals surface area contributed by atoms with Crippen LogP contribution in [-0.4, -0.2) is 11.2 Å². The largest absolute Gasteiger partial charge is 0.324 e. The van der Waals surface area contributed by atoms with Crippen molar-refractivity contribution in [2.75, 3.05) is 0 Å². The van der Waals surface area contributed by atoms with Gasteiger partial charge in [0, 0.05) is 6.04 Å². The monoisotopic (exact) mass is 140 g/mol. The van der Waals surface area contributed by atoms with Gasteiger partial charge in [0.05, 0.1) is 5.70 Å². The van der Waals surface area contributed by atoms with Crippen LogP contribution in [0.15, 0.2) is 23.4 Å². The van der Waals surface area contributed by atoms with Gasteiger partial charge in [0.1, 0.15) is 0 Å². The van der Waals surface area contributed by atoms with E-state index in [1.807, 2.05) is 19.1 Å². The number of hydrogen-bond acceptors (Lipinski definition) is 3. The molecule has 1 aliphatic rings. The molecule has 3 nitrogen and oxygen atoms in total. The predicted octanol–water partition coefficient (Wildman–Crippen LogP) is 0.526. The number of allylic oxidation sites excluding steroid dienone is 1. The molecule has 1 rings (SSSR count). The molecule has 10 heavy (non-hydrogen) atoms. The van der Waals surface area contributed by atoms with E-state index < -0.39 is 0 Å². The Morgan fingerprint density at radius 3 is 3.00 bits per heavy atom. The first-order valence-electron chi connectivity index (χ1n) is 3.28. The molecule has 0 saturated heterocycles. The van der Waals surface area contributed by atoms with Crippen molar-refractivity contribution in [3.8, 4) is 0 Å². The highest BCUT2D eigenvalue weighted by atomic mass is 16.5. The first kappa shape index (κ1) is 7.31. The summed E-state index contributed by atoms with van der Waals surface area (Å²) in [6, 6.07) is 0.122. The van der Waals surface area contributed by atoms with E-state index in [9.17, 15) is 0 Å². The van der Waals surface area contributed by atoms with Gasteiger partial charge in [-0.15, -0.1) is 0 Å². The van der Waals surface area contributed by atoms with E-state index >= 15 is 0 Å². The van der Waals surface area contributed by atoms with Crippen molar-refractivity contribution in [3.05, 3.63) is 23.4 Å². The second kappa shape index (κ2) is 2.86. The summed E-state index contributed by atoms with van der Waals surface area (Å²) < 4.78 is 0. The molecule has 3 heteroatoms. The lowest BCUT2D eigenvalue weighted by molar-refractivity contribution is 0.203. The van der Waals surface area contributed by atoms with Gasteiger partial charge in [-0.2, -0.15) is 0 Å². The summed E-state index contributed by atoms with van der Waals surface area (Å²) in [5.41, 5.74) is 9.59. The van der Waals surface area contributed by atoms with Crippen molar-refractivity contribution in [2.24, 2.45) is 5.73 Å². The van der Waals surface area contributed by atoms with E-state index in [0.717, 1.165) is 17.7 Å². The van der Waals surface area contributed by atoms with Crippen molar-refractivity contribution >= 4 is 0 Å². The Morgan fingerprint density at radius 2 is 2.50 bits per heavy atom. The fourth-order valence-corrected chi connectivity index (χ4v) is 0.929. The van der Waals surface area contributed by atoms with E-state index in [0.29, 0.717) is 0 Å². The van der Waals surface area contributed by atoms with Gasteiger partial charge in [0.15, 0.2) is 0 Å². The molecule has 0 bridgehead atoms. The molecular formula is C7H12N2O. The van der Waals surface area contributed by atoms with Crippen LogP contribution >= 0.6 is 0 Å². The summed E-state index contributed by atoms with van der Waals surface area (Å²) in [5.74, 6) is 0. The Balaban J connectivity index is 2.69. The molecule has 1 aliphatic carbocycles.